The molecule has 1 aliphatic heterocycles. The van der Waals surface area contributed by atoms with Crippen molar-refractivity contribution >= 4 is 17.6 Å². The first-order chi connectivity index (χ1) is 15.7. The first-order valence-electron chi connectivity index (χ1n) is 10.7. The topological polar surface area (TPSA) is 110 Å². The van der Waals surface area contributed by atoms with Gasteiger partial charge in [0.1, 0.15) is 5.75 Å². The highest BCUT2D eigenvalue weighted by Crippen LogP contribution is 2.31. The molecule has 1 aromatic rings. The number of amides is 3. The Balaban J connectivity index is 1.58. The van der Waals surface area contributed by atoms with Gasteiger partial charge in [0.15, 0.2) is 0 Å². The minimum atomic E-state index is -4.80. The number of benzene rings is 1. The van der Waals surface area contributed by atoms with Crippen molar-refractivity contribution in [3.63, 3.8) is 0 Å². The van der Waals surface area contributed by atoms with Crippen molar-refractivity contribution in [3.05, 3.63) is 36.2 Å². The molecule has 180 valence electrons. The van der Waals surface area contributed by atoms with Crippen molar-refractivity contribution < 1.29 is 27.5 Å². The fraction of sp³-hybridized carbons (Fsp3) is 0.524. The van der Waals surface area contributed by atoms with Crippen molar-refractivity contribution in [2.24, 2.45) is 5.11 Å². The molecule has 1 heterocycles. The van der Waals surface area contributed by atoms with Gasteiger partial charge >= 0.3 is 12.4 Å². The Hall–Kier alpha value is -3.31. The van der Waals surface area contributed by atoms with Crippen LogP contribution < -0.4 is 15.4 Å². The molecule has 1 atom stereocenters. The lowest BCUT2D eigenvalue weighted by molar-refractivity contribution is -0.274. The highest BCUT2D eigenvalue weighted by molar-refractivity contribution is 5.76. The van der Waals surface area contributed by atoms with Gasteiger partial charge in [0.2, 0.25) is 5.91 Å². The van der Waals surface area contributed by atoms with E-state index in [1.807, 2.05) is 0 Å². The van der Waals surface area contributed by atoms with Gasteiger partial charge in [-0.3, -0.25) is 4.79 Å². The molecule has 2 fully saturated rings. The monoisotopic (exact) mass is 468 g/mol. The van der Waals surface area contributed by atoms with Gasteiger partial charge in [0.05, 0.1) is 18.3 Å². The maximum atomic E-state index is 12.9. The van der Waals surface area contributed by atoms with Crippen LogP contribution in [-0.4, -0.2) is 59.8 Å². The largest absolute Gasteiger partial charge is 0.573 e. The normalized spacial score (nSPS) is 19.0. The molecule has 0 radical (unpaired) electrons. The van der Waals surface area contributed by atoms with Crippen molar-refractivity contribution in [2.45, 2.75) is 51.1 Å². The van der Waals surface area contributed by atoms with Crippen LogP contribution in [0.2, 0.25) is 0 Å². The number of nitrogens with one attached hydrogen (secondary N) is 3. The Labute approximate surface area is 189 Å². The van der Waals surface area contributed by atoms with E-state index >= 15 is 0 Å². The standard InChI is InChI=1S/C21H27F3N6O3/c1-14(31)29-9-3-5-18(13-29)30(17-7-8-17)20(32)27-12-16(28-25)11-26-15-4-2-6-19(10-15)33-21(22,23)24/h2,4,6,10-11,17-18,25-26H,3,5,7-9,12-13H2,1H3,(H,27,32)/b16-11-,28-25?/t18-/m1/s1. The number of rotatable bonds is 8. The highest BCUT2D eigenvalue weighted by Gasteiger charge is 2.39. The maximum absolute atomic E-state index is 12.9. The lowest BCUT2D eigenvalue weighted by Crippen LogP contribution is -2.54. The Morgan fingerprint density at radius 1 is 1.30 bits per heavy atom. The fourth-order valence-electron chi connectivity index (χ4n) is 3.78. The molecule has 12 heteroatoms. The van der Waals surface area contributed by atoms with E-state index in [0.717, 1.165) is 31.7 Å². The van der Waals surface area contributed by atoms with Crippen molar-refractivity contribution in [1.29, 1.82) is 5.53 Å². The predicted molar refractivity (Wildman–Crippen MR) is 114 cm³/mol. The summed E-state index contributed by atoms with van der Waals surface area (Å²) in [5, 5.41) is 8.90. The quantitative estimate of drug-likeness (QED) is 0.500. The average molecular weight is 468 g/mol. The molecular weight excluding hydrogens is 441 g/mol. The molecular formula is C21H27F3N6O3. The molecule has 3 rings (SSSR count). The minimum Gasteiger partial charge on any atom is -0.406 e. The minimum absolute atomic E-state index is 0.00939. The number of ether oxygens (including phenoxy) is 1. The first kappa shape index (κ1) is 24.3. The molecule has 2 aliphatic rings. The third kappa shape index (κ3) is 7.36. The predicted octanol–water partition coefficient (Wildman–Crippen LogP) is 4.05. The molecule has 0 unspecified atom stereocenters. The number of carbonyl (C=O) groups is 2. The molecule has 33 heavy (non-hydrogen) atoms. The van der Waals surface area contributed by atoms with Crippen LogP contribution >= 0.6 is 0 Å². The number of anilines is 1. The summed E-state index contributed by atoms with van der Waals surface area (Å²) < 4.78 is 41.0. The van der Waals surface area contributed by atoms with Crippen LogP contribution in [0.4, 0.5) is 23.7 Å². The first-order valence-corrected chi connectivity index (χ1v) is 10.7. The summed E-state index contributed by atoms with van der Waals surface area (Å²) in [4.78, 5) is 28.2. The molecule has 0 spiro atoms. The molecule has 1 saturated carbocycles. The number of nitrogens with zero attached hydrogens (tertiary/aromatic N) is 3. The summed E-state index contributed by atoms with van der Waals surface area (Å²) >= 11 is 0. The molecule has 1 aromatic carbocycles. The Bertz CT molecular complexity index is 903. The molecule has 0 bridgehead atoms. The van der Waals surface area contributed by atoms with Gasteiger partial charge in [-0.25, -0.2) is 10.3 Å². The molecule has 3 N–H and O–H groups in total. The average Bonchev–Trinajstić information content (AvgIpc) is 3.58. The van der Waals surface area contributed by atoms with Crippen molar-refractivity contribution in [1.82, 2.24) is 15.1 Å². The summed E-state index contributed by atoms with van der Waals surface area (Å²) in [6.45, 7) is 2.68. The number of piperidine rings is 1. The number of alkyl halides is 3. The third-order valence-corrected chi connectivity index (χ3v) is 5.45. The van der Waals surface area contributed by atoms with Gasteiger partial charge in [-0.2, -0.15) is 5.11 Å². The lowest BCUT2D eigenvalue weighted by atomic mass is 10.0. The Morgan fingerprint density at radius 3 is 2.70 bits per heavy atom. The van der Waals surface area contributed by atoms with Crippen LogP contribution in [0.25, 0.3) is 0 Å². The maximum Gasteiger partial charge on any atom is 0.573 e. The van der Waals surface area contributed by atoms with Gasteiger partial charge in [-0.1, -0.05) is 6.07 Å². The zero-order valence-electron chi connectivity index (χ0n) is 18.2. The smallest absolute Gasteiger partial charge is 0.406 e. The van der Waals surface area contributed by atoms with E-state index in [2.05, 4.69) is 20.5 Å². The number of likely N-dealkylation sites (tertiary alicyclic amines) is 1. The van der Waals surface area contributed by atoms with Gasteiger partial charge in [-0.05, 0) is 37.8 Å². The van der Waals surface area contributed by atoms with E-state index in [9.17, 15) is 22.8 Å². The van der Waals surface area contributed by atoms with E-state index in [-0.39, 0.29) is 42.0 Å². The van der Waals surface area contributed by atoms with Gasteiger partial charge < -0.3 is 25.2 Å². The second-order valence-electron chi connectivity index (χ2n) is 8.03. The van der Waals surface area contributed by atoms with Crippen LogP contribution in [0.15, 0.2) is 41.3 Å². The van der Waals surface area contributed by atoms with Crippen LogP contribution in [0.3, 0.4) is 0 Å². The SMILES string of the molecule is CC(=O)N1CCC[C@@H](N(C(=O)NC/C(=C/Nc2cccc(OC(F)(F)F)c2)N=N)C2CC2)C1. The van der Waals surface area contributed by atoms with Crippen LogP contribution in [0, 0.1) is 5.53 Å². The lowest BCUT2D eigenvalue weighted by Gasteiger charge is -2.39. The molecule has 9 nitrogen and oxygen atoms in total. The van der Waals surface area contributed by atoms with E-state index < -0.39 is 6.36 Å². The number of halogens is 3. The zero-order valence-corrected chi connectivity index (χ0v) is 18.2. The van der Waals surface area contributed by atoms with E-state index in [1.165, 1.54) is 31.3 Å². The second kappa shape index (κ2) is 10.5. The highest BCUT2D eigenvalue weighted by atomic mass is 19.4. The molecule has 3 amide bonds. The summed E-state index contributed by atoms with van der Waals surface area (Å²) in [5.74, 6) is -0.393. The van der Waals surface area contributed by atoms with E-state index in [1.54, 1.807) is 9.80 Å². The Morgan fingerprint density at radius 2 is 2.06 bits per heavy atom. The van der Waals surface area contributed by atoms with Gasteiger partial charge in [-0.15, -0.1) is 13.2 Å². The van der Waals surface area contributed by atoms with Gasteiger partial charge in [0.25, 0.3) is 0 Å². The number of carbonyl (C=O) groups excluding carboxylic acids is 2. The molecule has 0 aromatic heterocycles. The molecule has 1 aliphatic carbocycles. The van der Waals surface area contributed by atoms with Crippen molar-refractivity contribution in [2.75, 3.05) is 25.0 Å². The van der Waals surface area contributed by atoms with Crippen LogP contribution in [-0.2, 0) is 4.79 Å². The number of hydrogen-bond donors (Lipinski definition) is 3. The zero-order chi connectivity index (χ0) is 24.0. The third-order valence-electron chi connectivity index (χ3n) is 5.45. The number of hydrogen-bond acceptors (Lipinski definition) is 6. The Kier molecular flexibility index (Phi) is 7.77. The fourth-order valence-corrected chi connectivity index (χ4v) is 3.78. The van der Waals surface area contributed by atoms with E-state index in [0.29, 0.717) is 18.8 Å². The van der Waals surface area contributed by atoms with E-state index in [4.69, 9.17) is 5.53 Å². The summed E-state index contributed by atoms with van der Waals surface area (Å²) in [6.07, 6.45) is 0.0000668. The summed E-state index contributed by atoms with van der Waals surface area (Å²) in [5.41, 5.74) is 7.82. The van der Waals surface area contributed by atoms with Gasteiger partial charge in [0, 0.05) is 44.0 Å². The summed E-state index contributed by atoms with van der Waals surface area (Å²) in [6, 6.07) is 5.02. The van der Waals surface area contributed by atoms with Crippen molar-refractivity contribution in [3.8, 4) is 5.75 Å². The summed E-state index contributed by atoms with van der Waals surface area (Å²) in [7, 11) is 0. The molecule has 1 saturated heterocycles. The van der Waals surface area contributed by atoms with Crippen LogP contribution in [0.1, 0.15) is 32.6 Å². The second-order valence-corrected chi connectivity index (χ2v) is 8.03. The van der Waals surface area contributed by atoms with Crippen LogP contribution in [0.5, 0.6) is 5.75 Å². The number of urea groups is 1.